The molecule has 1 amide bonds. The van der Waals surface area contributed by atoms with E-state index in [2.05, 4.69) is 15.5 Å². The number of carbonyl (C=O) groups excluding carboxylic acids is 1. The summed E-state index contributed by atoms with van der Waals surface area (Å²) < 4.78 is 4.86. The number of hydrogen-bond donors (Lipinski definition) is 2. The normalized spacial score (nSPS) is 10.5. The third-order valence-electron chi connectivity index (χ3n) is 2.82. The zero-order valence-electron chi connectivity index (χ0n) is 12.0. The van der Waals surface area contributed by atoms with Gasteiger partial charge in [0, 0.05) is 29.6 Å². The van der Waals surface area contributed by atoms with Gasteiger partial charge < -0.3 is 9.84 Å². The molecule has 1 heterocycles. The first-order valence-corrected chi connectivity index (χ1v) is 6.31. The Morgan fingerprint density at radius 1 is 1.43 bits per heavy atom. The van der Waals surface area contributed by atoms with Crippen LogP contribution in [0.5, 0.6) is 11.5 Å². The molecule has 1 aromatic carbocycles. The number of nitro benzene ring substituents is 1. The molecule has 2 N–H and O–H groups in total. The van der Waals surface area contributed by atoms with E-state index in [9.17, 15) is 20.0 Å². The number of phenols is 1. The van der Waals surface area contributed by atoms with E-state index < -0.39 is 22.3 Å². The number of nitrogens with zero attached hydrogens (tertiary/aromatic N) is 3. The number of nitro groups is 1. The SMILES string of the molecule is COc1cc(/C=N\NC(=O)c2ccncc2)cc([N+](=O)[O-])c1O. The summed E-state index contributed by atoms with van der Waals surface area (Å²) >= 11 is 0. The molecule has 0 fully saturated rings. The molecule has 9 heteroatoms. The van der Waals surface area contributed by atoms with Gasteiger partial charge in [-0.3, -0.25) is 19.9 Å². The standard InChI is InChI=1S/C14H12N4O5/c1-23-12-7-9(6-11(13(12)19)18(21)22)8-16-17-14(20)10-2-4-15-5-3-10/h2-8,19H,1H3,(H,17,20)/b16-8-. The minimum absolute atomic E-state index is 0.0684. The van der Waals surface area contributed by atoms with Crippen LogP contribution in [-0.2, 0) is 0 Å². The van der Waals surface area contributed by atoms with Gasteiger partial charge in [0.05, 0.1) is 18.2 Å². The number of hydrazone groups is 1. The number of amides is 1. The van der Waals surface area contributed by atoms with Crippen LogP contribution in [0.1, 0.15) is 15.9 Å². The average Bonchev–Trinajstić information content (AvgIpc) is 2.56. The second-order valence-corrected chi connectivity index (χ2v) is 4.28. The molecule has 0 aliphatic carbocycles. The molecule has 0 unspecified atom stereocenters. The Kier molecular flexibility index (Phi) is 4.82. The van der Waals surface area contributed by atoms with E-state index in [1.165, 1.54) is 43.9 Å². The first-order valence-electron chi connectivity index (χ1n) is 6.31. The number of phenolic OH excluding ortho intramolecular Hbond substituents is 1. The number of nitrogens with one attached hydrogen (secondary N) is 1. The zero-order chi connectivity index (χ0) is 16.8. The Morgan fingerprint density at radius 2 is 2.13 bits per heavy atom. The molecule has 0 saturated carbocycles. The van der Waals surface area contributed by atoms with Crippen molar-refractivity contribution in [3.05, 3.63) is 57.9 Å². The Balaban J connectivity index is 2.18. The van der Waals surface area contributed by atoms with Gasteiger partial charge in [-0.25, -0.2) is 5.43 Å². The van der Waals surface area contributed by atoms with Crippen molar-refractivity contribution in [1.82, 2.24) is 10.4 Å². The summed E-state index contributed by atoms with van der Waals surface area (Å²) in [5, 5.41) is 24.3. The second-order valence-electron chi connectivity index (χ2n) is 4.28. The largest absolute Gasteiger partial charge is 0.500 e. The third kappa shape index (κ3) is 3.79. The van der Waals surface area contributed by atoms with Crippen LogP contribution >= 0.6 is 0 Å². The van der Waals surface area contributed by atoms with E-state index in [0.29, 0.717) is 5.56 Å². The average molecular weight is 316 g/mol. The predicted octanol–water partition coefficient (Wildman–Crippen LogP) is 1.47. The molecule has 23 heavy (non-hydrogen) atoms. The Hall–Kier alpha value is -3.49. The number of pyridine rings is 1. The highest BCUT2D eigenvalue weighted by Gasteiger charge is 2.19. The summed E-state index contributed by atoms with van der Waals surface area (Å²) in [6.07, 6.45) is 4.13. The maximum atomic E-state index is 11.8. The first kappa shape index (κ1) is 15.9. The molecule has 0 radical (unpaired) electrons. The zero-order valence-corrected chi connectivity index (χ0v) is 12.0. The number of hydrogen-bond acceptors (Lipinski definition) is 7. The lowest BCUT2D eigenvalue weighted by Gasteiger charge is -2.05. The lowest BCUT2D eigenvalue weighted by atomic mass is 10.2. The Bertz CT molecular complexity index is 761. The summed E-state index contributed by atoms with van der Waals surface area (Å²) in [5.41, 5.74) is 2.40. The van der Waals surface area contributed by atoms with Crippen LogP contribution in [0.4, 0.5) is 5.69 Å². The van der Waals surface area contributed by atoms with E-state index in [-0.39, 0.29) is 11.3 Å². The molecular formula is C14H12N4O5. The quantitative estimate of drug-likeness (QED) is 0.488. The third-order valence-corrected chi connectivity index (χ3v) is 2.82. The molecule has 9 nitrogen and oxygen atoms in total. The number of ether oxygens (including phenoxy) is 1. The highest BCUT2D eigenvalue weighted by atomic mass is 16.6. The first-order chi connectivity index (χ1) is 11.0. The summed E-state index contributed by atoms with van der Waals surface area (Å²) in [4.78, 5) is 25.7. The number of methoxy groups -OCH3 is 1. The van der Waals surface area contributed by atoms with Crippen LogP contribution in [-0.4, -0.2) is 34.2 Å². The van der Waals surface area contributed by atoms with E-state index in [1.54, 1.807) is 0 Å². The van der Waals surface area contributed by atoms with Crippen molar-refractivity contribution < 1.29 is 19.6 Å². The topological polar surface area (TPSA) is 127 Å². The van der Waals surface area contributed by atoms with Crippen LogP contribution in [0.3, 0.4) is 0 Å². The van der Waals surface area contributed by atoms with Gasteiger partial charge in [-0.2, -0.15) is 5.10 Å². The lowest BCUT2D eigenvalue weighted by Crippen LogP contribution is -2.17. The van der Waals surface area contributed by atoms with Crippen molar-refractivity contribution >= 4 is 17.8 Å². The molecule has 0 atom stereocenters. The summed E-state index contributed by atoms with van der Waals surface area (Å²) in [6, 6.07) is 5.49. The van der Waals surface area contributed by atoms with E-state index in [1.807, 2.05) is 0 Å². The number of aromatic nitrogens is 1. The van der Waals surface area contributed by atoms with Crippen molar-refractivity contribution in [2.75, 3.05) is 7.11 Å². The molecule has 2 aromatic rings. The van der Waals surface area contributed by atoms with Gasteiger partial charge in [-0.1, -0.05) is 0 Å². The number of aromatic hydroxyl groups is 1. The van der Waals surface area contributed by atoms with Crippen molar-refractivity contribution in [3.8, 4) is 11.5 Å². The molecule has 0 aliphatic rings. The minimum atomic E-state index is -0.745. The molecule has 0 spiro atoms. The molecular weight excluding hydrogens is 304 g/mol. The minimum Gasteiger partial charge on any atom is -0.500 e. The van der Waals surface area contributed by atoms with Crippen molar-refractivity contribution in [3.63, 3.8) is 0 Å². The number of rotatable bonds is 5. The molecule has 1 aromatic heterocycles. The molecule has 0 saturated heterocycles. The van der Waals surface area contributed by atoms with Gasteiger partial charge in [0.15, 0.2) is 5.75 Å². The number of carbonyl (C=O) groups is 1. The predicted molar refractivity (Wildman–Crippen MR) is 80.6 cm³/mol. The van der Waals surface area contributed by atoms with Crippen LogP contribution in [0, 0.1) is 10.1 Å². The van der Waals surface area contributed by atoms with Crippen molar-refractivity contribution in [1.29, 1.82) is 0 Å². The van der Waals surface area contributed by atoms with Gasteiger partial charge in [-0.05, 0) is 18.2 Å². The fraction of sp³-hybridized carbons (Fsp3) is 0.0714. The van der Waals surface area contributed by atoms with E-state index >= 15 is 0 Å². The smallest absolute Gasteiger partial charge is 0.315 e. The van der Waals surface area contributed by atoms with Crippen molar-refractivity contribution in [2.45, 2.75) is 0 Å². The van der Waals surface area contributed by atoms with E-state index in [4.69, 9.17) is 4.74 Å². The lowest BCUT2D eigenvalue weighted by molar-refractivity contribution is -0.386. The Morgan fingerprint density at radius 3 is 2.74 bits per heavy atom. The molecule has 0 aliphatic heterocycles. The summed E-state index contributed by atoms with van der Waals surface area (Å²) in [5.74, 6) is -1.10. The van der Waals surface area contributed by atoms with E-state index in [0.717, 1.165) is 6.07 Å². The second kappa shape index (κ2) is 6.98. The van der Waals surface area contributed by atoms with Crippen LogP contribution < -0.4 is 10.2 Å². The highest BCUT2D eigenvalue weighted by molar-refractivity contribution is 5.94. The Labute approximate surface area is 130 Å². The van der Waals surface area contributed by atoms with Crippen LogP contribution in [0.15, 0.2) is 41.8 Å². The molecule has 0 bridgehead atoms. The van der Waals surface area contributed by atoms with Crippen molar-refractivity contribution in [2.24, 2.45) is 5.10 Å². The summed E-state index contributed by atoms with van der Waals surface area (Å²) in [6.45, 7) is 0. The fourth-order valence-electron chi connectivity index (χ4n) is 1.72. The monoisotopic (exact) mass is 316 g/mol. The van der Waals surface area contributed by atoms with Gasteiger partial charge >= 0.3 is 5.69 Å². The maximum Gasteiger partial charge on any atom is 0.315 e. The van der Waals surface area contributed by atoms with Gasteiger partial charge in [0.2, 0.25) is 5.75 Å². The van der Waals surface area contributed by atoms with Gasteiger partial charge in [0.25, 0.3) is 5.91 Å². The highest BCUT2D eigenvalue weighted by Crippen LogP contribution is 2.36. The fourth-order valence-corrected chi connectivity index (χ4v) is 1.72. The van der Waals surface area contributed by atoms with Crippen LogP contribution in [0.2, 0.25) is 0 Å². The molecule has 118 valence electrons. The summed E-state index contributed by atoms with van der Waals surface area (Å²) in [7, 11) is 1.27. The number of benzene rings is 1. The molecule has 2 rings (SSSR count). The van der Waals surface area contributed by atoms with Crippen LogP contribution in [0.25, 0.3) is 0 Å². The van der Waals surface area contributed by atoms with Gasteiger partial charge in [0.1, 0.15) is 0 Å². The maximum absolute atomic E-state index is 11.8. The van der Waals surface area contributed by atoms with Gasteiger partial charge in [-0.15, -0.1) is 0 Å².